The molecule has 0 heterocycles. The monoisotopic (exact) mass is 341 g/mol. The molecule has 25 heavy (non-hydrogen) atoms. The highest BCUT2D eigenvalue weighted by atomic mass is 16.6. The lowest BCUT2D eigenvalue weighted by atomic mass is 10.0. The lowest BCUT2D eigenvalue weighted by molar-refractivity contribution is -0.385. The molecule has 0 aliphatic heterocycles. The summed E-state index contributed by atoms with van der Waals surface area (Å²) in [6.45, 7) is 4.98. The molecule has 2 rings (SSSR count). The predicted molar refractivity (Wildman–Crippen MR) is 92.9 cm³/mol. The van der Waals surface area contributed by atoms with Crippen molar-refractivity contribution in [2.45, 2.75) is 33.3 Å². The Morgan fingerprint density at radius 1 is 1.16 bits per heavy atom. The van der Waals surface area contributed by atoms with Crippen molar-refractivity contribution in [2.24, 2.45) is 0 Å². The van der Waals surface area contributed by atoms with E-state index in [9.17, 15) is 19.7 Å². The molecule has 2 aromatic carbocycles. The van der Waals surface area contributed by atoms with Gasteiger partial charge in [-0.05, 0) is 31.9 Å². The van der Waals surface area contributed by atoms with Crippen LogP contribution in [0.3, 0.4) is 0 Å². The number of rotatable bonds is 6. The van der Waals surface area contributed by atoms with Crippen LogP contribution < -0.4 is 0 Å². The topological polar surface area (TPSA) is 86.5 Å². The van der Waals surface area contributed by atoms with Crippen molar-refractivity contribution in [3.63, 3.8) is 0 Å². The van der Waals surface area contributed by atoms with Crippen molar-refractivity contribution in [3.05, 3.63) is 74.8 Å². The number of ether oxygens (including phenoxy) is 1. The van der Waals surface area contributed by atoms with Crippen LogP contribution in [-0.2, 0) is 11.2 Å². The van der Waals surface area contributed by atoms with Crippen LogP contribution in [0, 0.1) is 17.0 Å². The predicted octanol–water partition coefficient (Wildman–Crippen LogP) is 3.89. The molecule has 0 bridgehead atoms. The zero-order valence-electron chi connectivity index (χ0n) is 14.3. The Bertz CT molecular complexity index is 811. The first kappa shape index (κ1) is 18.3. The Hall–Kier alpha value is -3.02. The summed E-state index contributed by atoms with van der Waals surface area (Å²) in [5.41, 5.74) is 1.69. The van der Waals surface area contributed by atoms with Gasteiger partial charge in [-0.15, -0.1) is 0 Å². The van der Waals surface area contributed by atoms with E-state index in [4.69, 9.17) is 4.74 Å². The molecule has 0 N–H and O–H groups in total. The number of esters is 1. The average molecular weight is 341 g/mol. The van der Waals surface area contributed by atoms with Crippen molar-refractivity contribution in [2.75, 3.05) is 0 Å². The quantitative estimate of drug-likeness (QED) is 0.344. The zero-order chi connectivity index (χ0) is 18.6. The SMILES string of the molecule is CCc1ccc(C(=O)[C@H](C)OC(=O)c2cccc([N+](=O)[O-])c2C)cc1. The Labute approximate surface area is 145 Å². The maximum absolute atomic E-state index is 12.4. The summed E-state index contributed by atoms with van der Waals surface area (Å²) < 4.78 is 5.21. The third-order valence-electron chi connectivity index (χ3n) is 4.02. The molecule has 1 atom stereocenters. The second-order valence-electron chi connectivity index (χ2n) is 5.67. The maximum Gasteiger partial charge on any atom is 0.339 e. The molecule has 0 saturated heterocycles. The van der Waals surface area contributed by atoms with Crippen LogP contribution in [0.4, 0.5) is 5.69 Å². The van der Waals surface area contributed by atoms with Gasteiger partial charge in [-0.25, -0.2) is 4.79 Å². The first-order valence-corrected chi connectivity index (χ1v) is 7.93. The summed E-state index contributed by atoms with van der Waals surface area (Å²) in [6.07, 6.45) is -0.121. The fourth-order valence-corrected chi connectivity index (χ4v) is 2.46. The maximum atomic E-state index is 12.4. The molecule has 0 aromatic heterocycles. The van der Waals surface area contributed by atoms with Gasteiger partial charge < -0.3 is 4.74 Å². The highest BCUT2D eigenvalue weighted by Crippen LogP contribution is 2.22. The standard InChI is InChI=1S/C19H19NO5/c1-4-14-8-10-15(11-9-14)18(21)13(3)25-19(22)16-6-5-7-17(12(16)2)20(23)24/h5-11,13H,4H2,1-3H3/t13-/m0/s1. The van der Waals surface area contributed by atoms with Crippen LogP contribution in [0.25, 0.3) is 0 Å². The van der Waals surface area contributed by atoms with E-state index in [1.165, 1.54) is 32.0 Å². The fourth-order valence-electron chi connectivity index (χ4n) is 2.46. The van der Waals surface area contributed by atoms with Gasteiger partial charge in [0.05, 0.1) is 10.5 Å². The molecule has 0 spiro atoms. The molecule has 0 amide bonds. The number of nitro groups is 1. The molecule has 0 unspecified atom stereocenters. The molecule has 6 nitrogen and oxygen atoms in total. The molecule has 0 fully saturated rings. The van der Waals surface area contributed by atoms with Crippen molar-refractivity contribution >= 4 is 17.4 Å². The Kier molecular flexibility index (Phi) is 5.64. The highest BCUT2D eigenvalue weighted by Gasteiger charge is 2.24. The molecule has 130 valence electrons. The van der Waals surface area contributed by atoms with E-state index >= 15 is 0 Å². The van der Waals surface area contributed by atoms with Gasteiger partial charge in [0.2, 0.25) is 5.78 Å². The van der Waals surface area contributed by atoms with Gasteiger partial charge in [0, 0.05) is 17.2 Å². The molecule has 0 aliphatic rings. The number of benzene rings is 2. The smallest absolute Gasteiger partial charge is 0.339 e. The molecule has 0 saturated carbocycles. The van der Waals surface area contributed by atoms with Crippen LogP contribution in [0.2, 0.25) is 0 Å². The number of Topliss-reactive ketones (excluding diaryl/α,β-unsaturated/α-hetero) is 1. The van der Waals surface area contributed by atoms with Gasteiger partial charge >= 0.3 is 5.97 Å². The van der Waals surface area contributed by atoms with Crippen molar-refractivity contribution in [1.29, 1.82) is 0 Å². The number of ketones is 1. The number of aryl methyl sites for hydroxylation is 1. The summed E-state index contributed by atoms with van der Waals surface area (Å²) in [5, 5.41) is 11.0. The average Bonchev–Trinajstić information content (AvgIpc) is 2.60. The molecule has 2 aromatic rings. The number of hydrogen-bond donors (Lipinski definition) is 0. The van der Waals surface area contributed by atoms with Gasteiger partial charge in [-0.2, -0.15) is 0 Å². The van der Waals surface area contributed by atoms with E-state index in [1.807, 2.05) is 19.1 Å². The van der Waals surface area contributed by atoms with Crippen LogP contribution in [-0.4, -0.2) is 22.8 Å². The molecular formula is C19H19NO5. The summed E-state index contributed by atoms with van der Waals surface area (Å²) >= 11 is 0. The summed E-state index contributed by atoms with van der Waals surface area (Å²) in [6, 6.07) is 11.3. The fraction of sp³-hybridized carbons (Fsp3) is 0.263. The summed E-state index contributed by atoms with van der Waals surface area (Å²) in [7, 11) is 0. The number of nitrogens with zero attached hydrogens (tertiary/aromatic N) is 1. The van der Waals surface area contributed by atoms with E-state index in [-0.39, 0.29) is 22.6 Å². The van der Waals surface area contributed by atoms with E-state index in [1.54, 1.807) is 12.1 Å². The third-order valence-corrected chi connectivity index (χ3v) is 4.02. The first-order valence-electron chi connectivity index (χ1n) is 7.93. The Balaban J connectivity index is 2.15. The van der Waals surface area contributed by atoms with Crippen LogP contribution in [0.5, 0.6) is 0 Å². The van der Waals surface area contributed by atoms with Gasteiger partial charge in [0.15, 0.2) is 6.10 Å². The largest absolute Gasteiger partial charge is 0.451 e. The first-order chi connectivity index (χ1) is 11.8. The van der Waals surface area contributed by atoms with Gasteiger partial charge in [-0.1, -0.05) is 37.3 Å². The Morgan fingerprint density at radius 2 is 1.80 bits per heavy atom. The van der Waals surface area contributed by atoms with Gasteiger partial charge in [0.1, 0.15) is 0 Å². The van der Waals surface area contributed by atoms with Crippen molar-refractivity contribution in [1.82, 2.24) is 0 Å². The molecule has 0 aliphatic carbocycles. The molecule has 6 heteroatoms. The zero-order valence-corrected chi connectivity index (χ0v) is 14.3. The normalized spacial score (nSPS) is 11.6. The lowest BCUT2D eigenvalue weighted by Crippen LogP contribution is -2.25. The number of hydrogen-bond acceptors (Lipinski definition) is 5. The number of nitro benzene ring substituents is 1. The minimum absolute atomic E-state index is 0.0789. The van der Waals surface area contributed by atoms with Crippen molar-refractivity contribution in [3.8, 4) is 0 Å². The van der Waals surface area contributed by atoms with Crippen LogP contribution >= 0.6 is 0 Å². The van der Waals surface area contributed by atoms with Crippen molar-refractivity contribution < 1.29 is 19.2 Å². The van der Waals surface area contributed by atoms with E-state index < -0.39 is 17.0 Å². The van der Waals surface area contributed by atoms with Crippen LogP contribution in [0.1, 0.15) is 45.7 Å². The van der Waals surface area contributed by atoms with Gasteiger partial charge in [-0.3, -0.25) is 14.9 Å². The number of carbonyl (C=O) groups excluding carboxylic acids is 2. The minimum Gasteiger partial charge on any atom is -0.451 e. The van der Waals surface area contributed by atoms with Crippen LogP contribution in [0.15, 0.2) is 42.5 Å². The number of carbonyl (C=O) groups is 2. The van der Waals surface area contributed by atoms with E-state index in [2.05, 4.69) is 0 Å². The second-order valence-corrected chi connectivity index (χ2v) is 5.67. The molecule has 0 radical (unpaired) electrons. The Morgan fingerprint density at radius 3 is 2.36 bits per heavy atom. The second kappa shape index (κ2) is 7.70. The highest BCUT2D eigenvalue weighted by molar-refractivity contribution is 6.01. The third kappa shape index (κ3) is 4.09. The lowest BCUT2D eigenvalue weighted by Gasteiger charge is -2.13. The van der Waals surface area contributed by atoms with Gasteiger partial charge in [0.25, 0.3) is 5.69 Å². The van der Waals surface area contributed by atoms with E-state index in [0.29, 0.717) is 5.56 Å². The summed E-state index contributed by atoms with van der Waals surface area (Å²) in [5.74, 6) is -1.08. The van der Waals surface area contributed by atoms with E-state index in [0.717, 1.165) is 12.0 Å². The molecular weight excluding hydrogens is 322 g/mol. The minimum atomic E-state index is -0.987. The summed E-state index contributed by atoms with van der Waals surface area (Å²) in [4.78, 5) is 35.1.